The van der Waals surface area contributed by atoms with Crippen molar-refractivity contribution in [2.24, 2.45) is 12.8 Å². The summed E-state index contributed by atoms with van der Waals surface area (Å²) in [5.41, 5.74) is 8.74. The molecular weight excluding hydrogens is 292 g/mol. The molecule has 2 N–H and O–H groups in total. The summed E-state index contributed by atoms with van der Waals surface area (Å²) in [6, 6.07) is 4.16. The molecule has 1 aromatic heterocycles. The molecular formula is C17H18N4O2. The van der Waals surface area contributed by atoms with Crippen LogP contribution in [0, 0.1) is 11.3 Å². The molecule has 0 saturated heterocycles. The lowest BCUT2D eigenvalue weighted by molar-refractivity contribution is -0.116. The van der Waals surface area contributed by atoms with Crippen LogP contribution in [0.15, 0.2) is 28.9 Å². The number of Topliss-reactive ketones (excluding diaryl/α,β-unsaturated/α-hetero) is 1. The van der Waals surface area contributed by atoms with Gasteiger partial charge in [-0.05, 0) is 25.3 Å². The maximum absolute atomic E-state index is 12.5. The monoisotopic (exact) mass is 310 g/mol. The van der Waals surface area contributed by atoms with Crippen LogP contribution in [0.25, 0.3) is 0 Å². The highest BCUT2D eigenvalue weighted by atomic mass is 16.5. The summed E-state index contributed by atoms with van der Waals surface area (Å²) in [5, 5.41) is 14.1. The van der Waals surface area contributed by atoms with Gasteiger partial charge < -0.3 is 10.5 Å². The number of carbonyl (C=O) groups excluding carboxylic acids is 1. The Morgan fingerprint density at radius 3 is 2.91 bits per heavy atom. The molecule has 1 fully saturated rings. The number of nitriles is 1. The maximum atomic E-state index is 12.5. The smallest absolute Gasteiger partial charge is 0.205 e. The van der Waals surface area contributed by atoms with Crippen molar-refractivity contribution in [1.29, 1.82) is 5.26 Å². The second-order valence-corrected chi connectivity index (χ2v) is 6.43. The number of nitrogens with two attached hydrogens (primary N) is 1. The zero-order valence-electron chi connectivity index (χ0n) is 13.0. The van der Waals surface area contributed by atoms with E-state index in [4.69, 9.17) is 10.5 Å². The third-order valence-corrected chi connectivity index (χ3v) is 4.83. The van der Waals surface area contributed by atoms with Gasteiger partial charge in [-0.15, -0.1) is 0 Å². The van der Waals surface area contributed by atoms with Crippen molar-refractivity contribution in [3.63, 3.8) is 0 Å². The van der Waals surface area contributed by atoms with E-state index in [-0.39, 0.29) is 11.7 Å². The Labute approximate surface area is 134 Å². The van der Waals surface area contributed by atoms with E-state index in [9.17, 15) is 10.1 Å². The summed E-state index contributed by atoms with van der Waals surface area (Å²) in [6.45, 7) is 0. The van der Waals surface area contributed by atoms with Crippen LogP contribution < -0.4 is 5.73 Å². The Kier molecular flexibility index (Phi) is 3.05. The number of carbonyl (C=O) groups is 1. The molecule has 3 aliphatic rings. The highest BCUT2D eigenvalue weighted by Crippen LogP contribution is 2.45. The number of hydrogen-bond acceptors (Lipinski definition) is 5. The molecule has 0 amide bonds. The molecule has 4 rings (SSSR count). The molecule has 0 radical (unpaired) electrons. The third kappa shape index (κ3) is 2.15. The van der Waals surface area contributed by atoms with Crippen LogP contribution in [0.4, 0.5) is 0 Å². The lowest BCUT2D eigenvalue weighted by Crippen LogP contribution is -2.28. The third-order valence-electron chi connectivity index (χ3n) is 4.83. The van der Waals surface area contributed by atoms with Gasteiger partial charge in [0.25, 0.3) is 0 Å². The van der Waals surface area contributed by atoms with E-state index in [0.717, 1.165) is 30.7 Å². The van der Waals surface area contributed by atoms with E-state index in [2.05, 4.69) is 11.2 Å². The van der Waals surface area contributed by atoms with Crippen molar-refractivity contribution < 1.29 is 9.53 Å². The van der Waals surface area contributed by atoms with E-state index >= 15 is 0 Å². The molecule has 2 heterocycles. The molecule has 118 valence electrons. The summed E-state index contributed by atoms with van der Waals surface area (Å²) in [4.78, 5) is 12.5. The van der Waals surface area contributed by atoms with Crippen LogP contribution in [-0.4, -0.2) is 15.6 Å². The van der Waals surface area contributed by atoms with Crippen LogP contribution in [0.5, 0.6) is 0 Å². The number of ketones is 1. The molecule has 1 saturated carbocycles. The van der Waals surface area contributed by atoms with Gasteiger partial charge in [-0.1, -0.05) is 0 Å². The van der Waals surface area contributed by atoms with E-state index in [1.807, 2.05) is 13.1 Å². The van der Waals surface area contributed by atoms with Gasteiger partial charge in [0.1, 0.15) is 17.4 Å². The molecule has 0 bridgehead atoms. The first kappa shape index (κ1) is 14.1. The summed E-state index contributed by atoms with van der Waals surface area (Å²) >= 11 is 0. The van der Waals surface area contributed by atoms with Crippen LogP contribution in [0.2, 0.25) is 0 Å². The van der Waals surface area contributed by atoms with E-state index in [0.29, 0.717) is 35.7 Å². The fourth-order valence-electron chi connectivity index (χ4n) is 3.51. The first-order chi connectivity index (χ1) is 11.1. The number of nitrogens with zero attached hydrogens (tertiary/aromatic N) is 3. The zero-order valence-corrected chi connectivity index (χ0v) is 13.0. The number of allylic oxidation sites excluding steroid dienone is 3. The standard InChI is InChI=1S/C17H18N4O2/c1-21-12(7-11(20-21)9-5-6-9)15-10(8-18)17(19)23-14-4-2-3-13(22)16(14)15/h7,9,15H,2-6,19H2,1H3/t15-/m1/s1. The summed E-state index contributed by atoms with van der Waals surface area (Å²) in [7, 11) is 1.86. The predicted molar refractivity (Wildman–Crippen MR) is 81.7 cm³/mol. The Morgan fingerprint density at radius 2 is 2.22 bits per heavy atom. The predicted octanol–water partition coefficient (Wildman–Crippen LogP) is 2.11. The van der Waals surface area contributed by atoms with Crippen molar-refractivity contribution in [1.82, 2.24) is 9.78 Å². The second-order valence-electron chi connectivity index (χ2n) is 6.43. The van der Waals surface area contributed by atoms with Crippen LogP contribution in [0.1, 0.15) is 55.3 Å². The second kappa shape index (κ2) is 4.98. The highest BCUT2D eigenvalue weighted by molar-refractivity contribution is 5.99. The van der Waals surface area contributed by atoms with Gasteiger partial charge in [-0.3, -0.25) is 9.48 Å². The minimum Gasteiger partial charge on any atom is -0.444 e. The number of rotatable bonds is 2. The van der Waals surface area contributed by atoms with Gasteiger partial charge in [0, 0.05) is 31.4 Å². The number of aryl methyl sites for hydroxylation is 1. The van der Waals surface area contributed by atoms with E-state index < -0.39 is 5.92 Å². The summed E-state index contributed by atoms with van der Waals surface area (Å²) in [5.74, 6) is 0.835. The van der Waals surface area contributed by atoms with Crippen LogP contribution >= 0.6 is 0 Å². The van der Waals surface area contributed by atoms with E-state index in [1.54, 1.807) is 4.68 Å². The fourth-order valence-corrected chi connectivity index (χ4v) is 3.51. The van der Waals surface area contributed by atoms with Gasteiger partial charge in [0.2, 0.25) is 5.88 Å². The fraction of sp³-hybridized carbons (Fsp3) is 0.471. The molecule has 1 atom stereocenters. The lowest BCUT2D eigenvalue weighted by atomic mass is 9.79. The van der Waals surface area contributed by atoms with Gasteiger partial charge in [-0.25, -0.2) is 0 Å². The molecule has 6 nitrogen and oxygen atoms in total. The summed E-state index contributed by atoms with van der Waals surface area (Å²) < 4.78 is 7.36. The van der Waals surface area contributed by atoms with Gasteiger partial charge >= 0.3 is 0 Å². The largest absolute Gasteiger partial charge is 0.444 e. The van der Waals surface area contributed by atoms with Gasteiger partial charge in [-0.2, -0.15) is 10.4 Å². The Hall–Kier alpha value is -2.55. The lowest BCUT2D eigenvalue weighted by Gasteiger charge is -2.30. The maximum Gasteiger partial charge on any atom is 0.205 e. The molecule has 1 aliphatic heterocycles. The molecule has 0 aromatic carbocycles. The van der Waals surface area contributed by atoms with Crippen molar-refractivity contribution in [2.75, 3.05) is 0 Å². The molecule has 6 heteroatoms. The van der Waals surface area contributed by atoms with Crippen LogP contribution in [0.3, 0.4) is 0 Å². The number of hydrogen-bond donors (Lipinski definition) is 1. The molecule has 2 aliphatic carbocycles. The molecule has 0 spiro atoms. The topological polar surface area (TPSA) is 93.9 Å². The van der Waals surface area contributed by atoms with Gasteiger partial charge in [0.05, 0.1) is 17.3 Å². The molecule has 0 unspecified atom stereocenters. The first-order valence-corrected chi connectivity index (χ1v) is 7.97. The Morgan fingerprint density at radius 1 is 1.43 bits per heavy atom. The SMILES string of the molecule is Cn1nc(C2CC2)cc1[C@H]1C(C#N)=C(N)OC2=C1C(=O)CCC2. The number of aromatic nitrogens is 2. The highest BCUT2D eigenvalue weighted by Gasteiger charge is 2.40. The van der Waals surface area contributed by atoms with Crippen molar-refractivity contribution in [3.8, 4) is 6.07 Å². The van der Waals surface area contributed by atoms with Crippen molar-refractivity contribution in [2.45, 2.75) is 43.9 Å². The summed E-state index contributed by atoms with van der Waals surface area (Å²) in [6.07, 6.45) is 4.24. The Bertz CT molecular complexity index is 805. The average Bonchev–Trinajstić information content (AvgIpc) is 3.29. The first-order valence-electron chi connectivity index (χ1n) is 7.97. The molecule has 23 heavy (non-hydrogen) atoms. The molecule has 1 aromatic rings. The van der Waals surface area contributed by atoms with E-state index in [1.165, 1.54) is 0 Å². The van der Waals surface area contributed by atoms with Gasteiger partial charge in [0.15, 0.2) is 5.78 Å². The van der Waals surface area contributed by atoms with Crippen molar-refractivity contribution >= 4 is 5.78 Å². The Balaban J connectivity index is 1.87. The minimum absolute atomic E-state index is 0.0469. The van der Waals surface area contributed by atoms with Crippen molar-refractivity contribution in [3.05, 3.63) is 40.2 Å². The zero-order chi connectivity index (χ0) is 16.1. The normalized spacial score (nSPS) is 24.3. The average molecular weight is 310 g/mol. The minimum atomic E-state index is -0.457. The quantitative estimate of drug-likeness (QED) is 0.903. The van der Waals surface area contributed by atoms with Crippen LogP contribution in [-0.2, 0) is 16.6 Å². The number of ether oxygens (including phenoxy) is 1.